The van der Waals surface area contributed by atoms with Crippen LogP contribution in [-0.4, -0.2) is 29.1 Å². The number of nitrogens with zero attached hydrogens (tertiary/aromatic N) is 6. The van der Waals surface area contributed by atoms with Crippen molar-refractivity contribution >= 4 is 65.6 Å². The molecule has 0 saturated heterocycles. The summed E-state index contributed by atoms with van der Waals surface area (Å²) in [6.45, 7) is 0. The fourth-order valence-corrected chi connectivity index (χ4v) is 6.85. The molecule has 0 aliphatic heterocycles. The molecule has 0 aliphatic carbocycles. The lowest BCUT2D eigenvalue weighted by Gasteiger charge is -2.09. The first-order chi connectivity index (χ1) is 20.3. The highest BCUT2D eigenvalue weighted by atomic mass is 32.1. The number of aromatic nitrogens is 6. The highest BCUT2D eigenvalue weighted by Gasteiger charge is 2.19. The monoisotopic (exact) mass is 544 g/mol. The van der Waals surface area contributed by atoms with Crippen LogP contribution in [0, 0.1) is 0 Å². The van der Waals surface area contributed by atoms with Crippen molar-refractivity contribution < 1.29 is 0 Å². The van der Waals surface area contributed by atoms with Crippen LogP contribution >= 0.6 is 11.3 Å². The third-order valence-electron chi connectivity index (χ3n) is 7.71. The largest absolute Gasteiger partial charge is 0.308 e. The summed E-state index contributed by atoms with van der Waals surface area (Å²) in [6, 6.07) is 35.8. The second-order valence-electron chi connectivity index (χ2n) is 10.0. The van der Waals surface area contributed by atoms with E-state index in [1.54, 1.807) is 11.3 Å². The minimum Gasteiger partial charge on any atom is -0.308 e. The average Bonchev–Trinajstić information content (AvgIpc) is 3.71. The number of benzene rings is 3. The normalized spacial score (nSPS) is 11.9. The maximum atomic E-state index is 4.85. The van der Waals surface area contributed by atoms with Gasteiger partial charge in [0, 0.05) is 46.3 Å². The minimum atomic E-state index is 0.928. The Morgan fingerprint density at radius 1 is 0.512 bits per heavy atom. The van der Waals surface area contributed by atoms with E-state index >= 15 is 0 Å². The van der Waals surface area contributed by atoms with Gasteiger partial charge >= 0.3 is 0 Å². The Morgan fingerprint density at radius 2 is 1.10 bits per heavy atom. The zero-order chi connectivity index (χ0) is 26.9. The first kappa shape index (κ1) is 22.4. The van der Waals surface area contributed by atoms with Gasteiger partial charge in [-0.1, -0.05) is 29.5 Å². The van der Waals surface area contributed by atoms with E-state index in [0.717, 1.165) is 76.2 Å². The van der Waals surface area contributed by atoms with Crippen molar-refractivity contribution in [2.45, 2.75) is 0 Å². The highest BCUT2D eigenvalue weighted by molar-refractivity contribution is 7.21. The van der Waals surface area contributed by atoms with Crippen LogP contribution in [0.5, 0.6) is 0 Å². The molecule has 9 rings (SSSR count). The Balaban J connectivity index is 1.30. The van der Waals surface area contributed by atoms with Gasteiger partial charge in [-0.15, -0.1) is 0 Å². The number of thiazole rings is 1. The summed E-state index contributed by atoms with van der Waals surface area (Å²) in [7, 11) is 0. The first-order valence-corrected chi connectivity index (χ1v) is 14.2. The molecule has 3 aromatic carbocycles. The van der Waals surface area contributed by atoms with Crippen LogP contribution < -0.4 is 0 Å². The van der Waals surface area contributed by atoms with Gasteiger partial charge in [0.2, 0.25) is 0 Å². The van der Waals surface area contributed by atoms with Crippen molar-refractivity contribution in [2.24, 2.45) is 0 Å². The van der Waals surface area contributed by atoms with E-state index in [0.29, 0.717) is 0 Å². The summed E-state index contributed by atoms with van der Waals surface area (Å²) in [6.07, 6.45) is 5.55. The lowest BCUT2D eigenvalue weighted by molar-refractivity contribution is 1.17. The number of pyridine rings is 3. The molecule has 0 aliphatic rings. The molecule has 9 aromatic rings. The topological polar surface area (TPSA) is 61.4 Å². The van der Waals surface area contributed by atoms with Gasteiger partial charge in [-0.25, -0.2) is 9.97 Å². The van der Waals surface area contributed by atoms with E-state index in [9.17, 15) is 0 Å². The first-order valence-electron chi connectivity index (χ1n) is 13.4. The smallest absolute Gasteiger partial charge is 0.143 e. The molecule has 41 heavy (non-hydrogen) atoms. The Bertz CT molecular complexity index is 2380. The second-order valence-corrected chi connectivity index (χ2v) is 11.0. The lowest BCUT2D eigenvalue weighted by atomic mass is 10.1. The zero-order valence-electron chi connectivity index (χ0n) is 21.6. The number of hydrogen-bond donors (Lipinski definition) is 0. The van der Waals surface area contributed by atoms with Crippen LogP contribution in [0.3, 0.4) is 0 Å². The van der Waals surface area contributed by atoms with Crippen molar-refractivity contribution in [2.75, 3.05) is 0 Å². The van der Waals surface area contributed by atoms with Gasteiger partial charge in [0.1, 0.15) is 15.4 Å². The van der Waals surface area contributed by atoms with Gasteiger partial charge in [-0.3, -0.25) is 9.97 Å². The quantitative estimate of drug-likeness (QED) is 0.224. The van der Waals surface area contributed by atoms with Crippen molar-refractivity contribution in [1.29, 1.82) is 0 Å². The molecule has 6 heterocycles. The van der Waals surface area contributed by atoms with Crippen LogP contribution in [0.25, 0.3) is 76.2 Å². The molecule has 6 aromatic heterocycles. The fraction of sp³-hybridized carbons (Fsp3) is 0. The van der Waals surface area contributed by atoms with Crippen LogP contribution in [0.15, 0.2) is 122 Å². The van der Waals surface area contributed by atoms with Gasteiger partial charge in [0.25, 0.3) is 0 Å². The zero-order valence-corrected chi connectivity index (χ0v) is 22.5. The highest BCUT2D eigenvalue weighted by Crippen LogP contribution is 2.38. The Labute approximate surface area is 237 Å². The molecule has 0 bridgehead atoms. The third-order valence-corrected chi connectivity index (χ3v) is 8.74. The number of fused-ring (bicyclic) bond motifs is 7. The van der Waals surface area contributed by atoms with Crippen LogP contribution in [0.4, 0.5) is 0 Å². The predicted octanol–water partition coefficient (Wildman–Crippen LogP) is 8.34. The number of rotatable bonds is 3. The maximum absolute atomic E-state index is 4.85. The van der Waals surface area contributed by atoms with E-state index in [1.807, 2.05) is 48.9 Å². The summed E-state index contributed by atoms with van der Waals surface area (Å²) >= 11 is 1.61. The van der Waals surface area contributed by atoms with Gasteiger partial charge < -0.3 is 9.13 Å². The standard InChI is InChI=1S/C34H20N6S/c1-2-7-22(8-3-1)39-27-10-5-16-35-31(27)24-20-30-25(19-29(24)39)32-28(11-6-17-36-32)40(30)23-14-12-21(13-15-23)33-38-26-9-4-18-37-34(26)41-33/h1-20H. The molecule has 0 spiro atoms. The van der Waals surface area contributed by atoms with Gasteiger partial charge in [-0.05, 0) is 84.9 Å². The summed E-state index contributed by atoms with van der Waals surface area (Å²) in [5.74, 6) is 0. The molecule has 7 heteroatoms. The molecule has 192 valence electrons. The average molecular weight is 545 g/mol. The summed E-state index contributed by atoms with van der Waals surface area (Å²) in [5.41, 5.74) is 10.5. The summed E-state index contributed by atoms with van der Waals surface area (Å²) in [5, 5.41) is 3.18. The molecule has 0 saturated carbocycles. The van der Waals surface area contributed by atoms with Gasteiger partial charge in [0.05, 0.1) is 33.1 Å². The van der Waals surface area contributed by atoms with Crippen LogP contribution in [0.1, 0.15) is 0 Å². The molecular weight excluding hydrogens is 524 g/mol. The van der Waals surface area contributed by atoms with E-state index in [4.69, 9.17) is 15.0 Å². The molecule has 0 unspecified atom stereocenters. The SMILES string of the molecule is c1ccc(-n2c3cc4c5ncccc5n(-c5ccc(-c6nc7cccnc7s6)cc5)c4cc3c3ncccc32)cc1. The minimum absolute atomic E-state index is 0.928. The van der Waals surface area contributed by atoms with Gasteiger partial charge in [-0.2, -0.15) is 0 Å². The lowest BCUT2D eigenvalue weighted by Crippen LogP contribution is -1.94. The maximum Gasteiger partial charge on any atom is 0.143 e. The van der Waals surface area contributed by atoms with Crippen LogP contribution in [-0.2, 0) is 0 Å². The van der Waals surface area contributed by atoms with Crippen molar-refractivity contribution in [3.05, 3.63) is 122 Å². The Morgan fingerprint density at radius 3 is 1.73 bits per heavy atom. The number of hydrogen-bond acceptors (Lipinski definition) is 5. The van der Waals surface area contributed by atoms with Gasteiger partial charge in [0.15, 0.2) is 0 Å². The van der Waals surface area contributed by atoms with E-state index < -0.39 is 0 Å². The molecule has 6 nitrogen and oxygen atoms in total. The summed E-state index contributed by atoms with van der Waals surface area (Å²) in [4.78, 5) is 19.9. The van der Waals surface area contributed by atoms with Crippen molar-refractivity contribution in [1.82, 2.24) is 29.1 Å². The predicted molar refractivity (Wildman–Crippen MR) is 167 cm³/mol. The Kier molecular flexibility index (Phi) is 4.67. The fourth-order valence-electron chi connectivity index (χ4n) is 5.94. The molecular formula is C34H20N6S. The summed E-state index contributed by atoms with van der Waals surface area (Å²) < 4.78 is 4.60. The molecule has 0 atom stereocenters. The van der Waals surface area contributed by atoms with E-state index in [1.165, 1.54) is 0 Å². The molecule has 0 fully saturated rings. The van der Waals surface area contributed by atoms with Crippen molar-refractivity contribution in [3.8, 4) is 21.9 Å². The van der Waals surface area contributed by atoms with E-state index in [2.05, 4.69) is 86.9 Å². The molecule has 0 radical (unpaired) electrons. The number of para-hydroxylation sites is 1. The molecule has 0 N–H and O–H groups in total. The van der Waals surface area contributed by atoms with Crippen LogP contribution in [0.2, 0.25) is 0 Å². The van der Waals surface area contributed by atoms with E-state index in [-0.39, 0.29) is 0 Å². The Hall–Kier alpha value is -5.40. The molecule has 0 amide bonds. The third kappa shape index (κ3) is 3.30. The second kappa shape index (κ2) is 8.55. The van der Waals surface area contributed by atoms with Crippen molar-refractivity contribution in [3.63, 3.8) is 0 Å².